The first-order valence-corrected chi connectivity index (χ1v) is 12.4. The van der Waals surface area contributed by atoms with Crippen LogP contribution >= 0.6 is 12.4 Å². The minimum Gasteiger partial charge on any atom is -0.457 e. The zero-order valence-electron chi connectivity index (χ0n) is 21.9. The number of nitrogen functional groups attached to an aromatic ring is 1. The van der Waals surface area contributed by atoms with Crippen LogP contribution in [0.4, 0.5) is 11.4 Å². The summed E-state index contributed by atoms with van der Waals surface area (Å²) in [6.07, 6.45) is 1.05. The smallest absolute Gasteiger partial charge is 0.355 e. The largest absolute Gasteiger partial charge is 0.457 e. The van der Waals surface area contributed by atoms with E-state index in [4.69, 9.17) is 20.2 Å². The van der Waals surface area contributed by atoms with Crippen LogP contribution < -0.4 is 16.6 Å². The zero-order valence-corrected chi connectivity index (χ0v) is 22.7. The van der Waals surface area contributed by atoms with Gasteiger partial charge in [-0.1, -0.05) is 13.0 Å². The number of nitrogens with two attached hydrogens (primary N) is 1. The number of benzene rings is 1. The summed E-state index contributed by atoms with van der Waals surface area (Å²) in [4.78, 5) is 45.7. The van der Waals surface area contributed by atoms with Crippen molar-refractivity contribution < 1.29 is 19.1 Å². The lowest BCUT2D eigenvalue weighted by Crippen LogP contribution is -2.47. The number of nitrogens with one attached hydrogen (secondary N) is 1. The average Bonchev–Trinajstić information content (AvgIpc) is 3.22. The summed E-state index contributed by atoms with van der Waals surface area (Å²) in [6.45, 7) is 4.72. The number of carbonyl (C=O) groups is 2. The van der Waals surface area contributed by atoms with Crippen molar-refractivity contribution in [1.29, 1.82) is 0 Å². The van der Waals surface area contributed by atoms with E-state index in [9.17, 15) is 14.4 Å². The molecule has 1 atom stereocenters. The Bertz CT molecular complexity index is 1500. The monoisotopic (exact) mass is 541 g/mol. The molecule has 11 heteroatoms. The van der Waals surface area contributed by atoms with Crippen molar-refractivity contribution in [3.8, 4) is 11.4 Å². The van der Waals surface area contributed by atoms with E-state index in [-0.39, 0.29) is 31.0 Å². The minimum absolute atomic E-state index is 0. The fraction of sp³-hybridized carbons (Fsp3) is 0.407. The van der Waals surface area contributed by atoms with Gasteiger partial charge in [-0.05, 0) is 51.7 Å². The van der Waals surface area contributed by atoms with E-state index in [1.165, 1.54) is 6.92 Å². The molecule has 3 N–H and O–H groups in total. The second-order valence-corrected chi connectivity index (χ2v) is 9.80. The lowest BCUT2D eigenvalue weighted by Gasteiger charge is -2.35. The van der Waals surface area contributed by atoms with E-state index < -0.39 is 17.5 Å². The number of halogens is 1. The molecule has 2 aliphatic heterocycles. The Hall–Kier alpha value is -3.63. The molecule has 10 nitrogen and oxygen atoms in total. The molecule has 1 aromatic carbocycles. The molecule has 0 radical (unpaired) electrons. The standard InChI is InChI=1S/C27H31N5O5.ClH/c1-5-27(37-15(2)33)18-12-21-23-16(13-32(21)25(34)17(18)14-36-26(27)35)24(29-10-7-11-31(3)4)22-19(28)8-6-9-20(22)30-23;/h6,8-9,12H,5,7,10-11,13-14,28H2,1-4H3,(H,29,30);1H/t27-;/m0./s1. The van der Waals surface area contributed by atoms with Gasteiger partial charge in [0.05, 0.1) is 34.7 Å². The van der Waals surface area contributed by atoms with E-state index in [1.807, 2.05) is 32.3 Å². The summed E-state index contributed by atoms with van der Waals surface area (Å²) >= 11 is 0. The maximum atomic E-state index is 13.7. The first-order chi connectivity index (χ1) is 17.7. The van der Waals surface area contributed by atoms with E-state index in [0.717, 1.165) is 29.6 Å². The molecule has 2 aromatic heterocycles. The lowest BCUT2D eigenvalue weighted by atomic mass is 9.85. The average molecular weight is 542 g/mol. The Morgan fingerprint density at radius 2 is 2.05 bits per heavy atom. The van der Waals surface area contributed by atoms with E-state index in [2.05, 4.69) is 10.2 Å². The van der Waals surface area contributed by atoms with Crippen LogP contribution in [0.3, 0.4) is 0 Å². The molecule has 0 amide bonds. The molecule has 0 bridgehead atoms. The molecular formula is C27H32ClN5O5. The Morgan fingerprint density at radius 1 is 1.29 bits per heavy atom. The van der Waals surface area contributed by atoms with Crippen LogP contribution in [0.5, 0.6) is 0 Å². The van der Waals surface area contributed by atoms with Crippen molar-refractivity contribution in [2.45, 2.75) is 45.4 Å². The van der Waals surface area contributed by atoms with Crippen LogP contribution in [0.25, 0.3) is 22.3 Å². The summed E-state index contributed by atoms with van der Waals surface area (Å²) in [5, 5.41) is 4.38. The van der Waals surface area contributed by atoms with E-state index >= 15 is 0 Å². The Balaban J connectivity index is 0.00000336. The first-order valence-electron chi connectivity index (χ1n) is 12.4. The number of hydrogen-bond donors (Lipinski definition) is 2. The molecule has 0 unspecified atom stereocenters. The highest BCUT2D eigenvalue weighted by molar-refractivity contribution is 6.04. The number of rotatable bonds is 7. The lowest BCUT2D eigenvalue weighted by molar-refractivity contribution is -0.188. The molecule has 0 spiro atoms. The normalized spacial score (nSPS) is 17.3. The summed E-state index contributed by atoms with van der Waals surface area (Å²) in [5.41, 5.74) is 9.32. The number of hydrogen-bond acceptors (Lipinski definition) is 9. The second kappa shape index (κ2) is 10.3. The third-order valence-electron chi connectivity index (χ3n) is 7.12. The van der Waals surface area contributed by atoms with Crippen LogP contribution in [0.1, 0.15) is 43.4 Å². The van der Waals surface area contributed by atoms with Crippen LogP contribution in [-0.2, 0) is 37.8 Å². The van der Waals surface area contributed by atoms with E-state index in [1.54, 1.807) is 17.6 Å². The van der Waals surface area contributed by atoms with E-state index in [0.29, 0.717) is 46.8 Å². The van der Waals surface area contributed by atoms with Crippen molar-refractivity contribution in [2.75, 3.05) is 38.2 Å². The molecular weight excluding hydrogens is 510 g/mol. The van der Waals surface area contributed by atoms with Gasteiger partial charge in [-0.25, -0.2) is 9.78 Å². The van der Waals surface area contributed by atoms with Gasteiger partial charge in [-0.2, -0.15) is 0 Å². The highest BCUT2D eigenvalue weighted by Gasteiger charge is 2.50. The molecule has 3 aromatic rings. The number of aromatic nitrogens is 2. The van der Waals surface area contributed by atoms with Crippen LogP contribution in [0, 0.1) is 0 Å². The van der Waals surface area contributed by atoms with Crippen LogP contribution in [-0.4, -0.2) is 53.6 Å². The fourth-order valence-electron chi connectivity index (χ4n) is 5.36. The van der Waals surface area contributed by atoms with Crippen molar-refractivity contribution in [2.24, 2.45) is 0 Å². The second-order valence-electron chi connectivity index (χ2n) is 9.80. The van der Waals surface area contributed by atoms with Crippen molar-refractivity contribution >= 4 is 46.6 Å². The van der Waals surface area contributed by atoms with Crippen molar-refractivity contribution in [3.05, 3.63) is 51.3 Å². The number of fused-ring (bicyclic) bond motifs is 5. The van der Waals surface area contributed by atoms with Crippen LogP contribution in [0.15, 0.2) is 29.1 Å². The van der Waals surface area contributed by atoms with Crippen molar-refractivity contribution in [1.82, 2.24) is 14.5 Å². The molecule has 2 aliphatic rings. The Morgan fingerprint density at radius 3 is 2.74 bits per heavy atom. The number of pyridine rings is 2. The SMILES string of the molecule is CC[C@@]1(OC(C)=O)C(=O)OCc2c1cc1n(c2=O)Cc2c-1nc1cccc(N)c1c2NCCCN(C)C.Cl. The van der Waals surface area contributed by atoms with Gasteiger partial charge in [0.25, 0.3) is 5.56 Å². The summed E-state index contributed by atoms with van der Waals surface area (Å²) in [7, 11) is 4.06. The molecule has 202 valence electrons. The number of anilines is 2. The summed E-state index contributed by atoms with van der Waals surface area (Å²) < 4.78 is 12.5. The van der Waals surface area contributed by atoms with Crippen molar-refractivity contribution in [3.63, 3.8) is 0 Å². The van der Waals surface area contributed by atoms with Gasteiger partial charge in [0, 0.05) is 35.7 Å². The third kappa shape index (κ3) is 4.27. The molecule has 5 rings (SSSR count). The quantitative estimate of drug-likeness (QED) is 0.206. The molecule has 0 aliphatic carbocycles. The fourth-order valence-corrected chi connectivity index (χ4v) is 5.36. The third-order valence-corrected chi connectivity index (χ3v) is 7.12. The maximum absolute atomic E-state index is 13.7. The van der Waals surface area contributed by atoms with Gasteiger partial charge in [0.1, 0.15) is 6.61 Å². The zero-order chi connectivity index (χ0) is 26.5. The molecule has 4 heterocycles. The van der Waals surface area contributed by atoms with Gasteiger partial charge in [0.2, 0.25) is 5.60 Å². The summed E-state index contributed by atoms with van der Waals surface area (Å²) in [5.74, 6) is -1.31. The van der Waals surface area contributed by atoms with Crippen LogP contribution in [0.2, 0.25) is 0 Å². The highest BCUT2D eigenvalue weighted by atomic mass is 35.5. The predicted octanol–water partition coefficient (Wildman–Crippen LogP) is 3.02. The molecule has 38 heavy (non-hydrogen) atoms. The van der Waals surface area contributed by atoms with Gasteiger partial charge in [-0.3, -0.25) is 9.59 Å². The Labute approximate surface area is 226 Å². The Kier molecular flexibility index (Phi) is 7.40. The number of nitrogens with zero attached hydrogens (tertiary/aromatic N) is 3. The molecule has 0 saturated carbocycles. The summed E-state index contributed by atoms with van der Waals surface area (Å²) in [6, 6.07) is 7.34. The highest BCUT2D eigenvalue weighted by Crippen LogP contribution is 2.44. The predicted molar refractivity (Wildman–Crippen MR) is 147 cm³/mol. The van der Waals surface area contributed by atoms with Gasteiger partial charge in [-0.15, -0.1) is 12.4 Å². The van der Waals surface area contributed by atoms with Gasteiger partial charge < -0.3 is 30.0 Å². The van der Waals surface area contributed by atoms with Gasteiger partial charge >= 0.3 is 11.9 Å². The number of esters is 2. The molecule has 0 saturated heterocycles. The van der Waals surface area contributed by atoms with Gasteiger partial charge in [0.15, 0.2) is 0 Å². The number of cyclic esters (lactones) is 1. The number of carbonyl (C=O) groups excluding carboxylic acids is 2. The minimum atomic E-state index is -1.68. The maximum Gasteiger partial charge on any atom is 0.355 e. The topological polar surface area (TPSA) is 129 Å². The first kappa shape index (κ1) is 27.4. The molecule has 0 fully saturated rings. The number of ether oxygens (including phenoxy) is 2.